The van der Waals surface area contributed by atoms with Gasteiger partial charge in [-0.1, -0.05) is 6.92 Å². The summed E-state index contributed by atoms with van der Waals surface area (Å²) in [5, 5.41) is 7.72. The molecule has 0 unspecified atom stereocenters. The number of nitrogens with zero attached hydrogens (tertiary/aromatic N) is 4. The average Bonchev–Trinajstić information content (AvgIpc) is 2.70. The Morgan fingerprint density at radius 3 is 2.58 bits per heavy atom. The summed E-state index contributed by atoms with van der Waals surface area (Å²) in [6, 6.07) is 2.01. The summed E-state index contributed by atoms with van der Waals surface area (Å²) in [7, 11) is 0. The predicted octanol–water partition coefficient (Wildman–Crippen LogP) is 3.17. The summed E-state index contributed by atoms with van der Waals surface area (Å²) in [6.07, 6.45) is 1.05. The molecule has 2 aromatic heterocycles. The van der Waals surface area contributed by atoms with Gasteiger partial charge in [-0.2, -0.15) is 10.1 Å². The largest absolute Gasteiger partial charge is 0.369 e. The Morgan fingerprint density at radius 2 is 2.00 bits per heavy atom. The fourth-order valence-corrected chi connectivity index (χ4v) is 2.15. The Kier molecular flexibility index (Phi) is 4.19. The highest BCUT2D eigenvalue weighted by Gasteiger charge is 2.12. The first-order chi connectivity index (χ1) is 9.02. The Labute approximate surface area is 121 Å². The molecule has 6 heteroatoms. The van der Waals surface area contributed by atoms with E-state index in [0.717, 1.165) is 40.3 Å². The molecule has 0 radical (unpaired) electrons. The van der Waals surface area contributed by atoms with Crippen molar-refractivity contribution >= 4 is 21.7 Å². The molecule has 0 aliphatic heterocycles. The van der Waals surface area contributed by atoms with Crippen molar-refractivity contribution in [1.82, 2.24) is 19.7 Å². The van der Waals surface area contributed by atoms with E-state index in [4.69, 9.17) is 0 Å². The maximum absolute atomic E-state index is 4.55. The maximum atomic E-state index is 4.55. The van der Waals surface area contributed by atoms with Gasteiger partial charge in [0.25, 0.3) is 5.95 Å². The number of rotatable bonds is 4. The van der Waals surface area contributed by atoms with E-state index in [-0.39, 0.29) is 0 Å². The van der Waals surface area contributed by atoms with E-state index < -0.39 is 0 Å². The Balaban J connectivity index is 2.47. The maximum Gasteiger partial charge on any atom is 0.253 e. The summed E-state index contributed by atoms with van der Waals surface area (Å²) >= 11 is 3.52. The first kappa shape index (κ1) is 14.0. The summed E-state index contributed by atoms with van der Waals surface area (Å²) < 4.78 is 2.68. The third-order valence-corrected chi connectivity index (χ3v) is 3.70. The van der Waals surface area contributed by atoms with E-state index in [9.17, 15) is 0 Å². The molecule has 0 aromatic carbocycles. The molecule has 0 spiro atoms. The van der Waals surface area contributed by atoms with Gasteiger partial charge in [-0.25, -0.2) is 9.67 Å². The number of anilines is 1. The van der Waals surface area contributed by atoms with Crippen molar-refractivity contribution < 1.29 is 0 Å². The molecule has 2 aromatic rings. The molecule has 0 aliphatic carbocycles. The van der Waals surface area contributed by atoms with E-state index in [2.05, 4.69) is 43.2 Å². The zero-order valence-electron chi connectivity index (χ0n) is 11.7. The zero-order valence-corrected chi connectivity index (χ0v) is 13.2. The van der Waals surface area contributed by atoms with Crippen molar-refractivity contribution in [3.05, 3.63) is 27.6 Å². The van der Waals surface area contributed by atoms with Crippen molar-refractivity contribution in [2.24, 2.45) is 0 Å². The van der Waals surface area contributed by atoms with Crippen LogP contribution in [0.25, 0.3) is 5.95 Å². The van der Waals surface area contributed by atoms with Crippen LogP contribution in [0.15, 0.2) is 10.5 Å². The van der Waals surface area contributed by atoms with Gasteiger partial charge in [0.05, 0.1) is 15.9 Å². The third kappa shape index (κ3) is 2.94. The van der Waals surface area contributed by atoms with Gasteiger partial charge in [-0.3, -0.25) is 0 Å². The van der Waals surface area contributed by atoms with E-state index in [1.165, 1.54) is 0 Å². The molecule has 2 heterocycles. The lowest BCUT2D eigenvalue weighted by atomic mass is 10.4. The molecule has 0 bridgehead atoms. The van der Waals surface area contributed by atoms with Gasteiger partial charge in [0.1, 0.15) is 5.82 Å². The molecule has 0 amide bonds. The molecule has 19 heavy (non-hydrogen) atoms. The smallest absolute Gasteiger partial charge is 0.253 e. The number of aromatic nitrogens is 4. The molecule has 1 N–H and O–H groups in total. The van der Waals surface area contributed by atoms with Crippen LogP contribution in [0.5, 0.6) is 0 Å². The van der Waals surface area contributed by atoms with Crippen LogP contribution in [0, 0.1) is 20.8 Å². The number of nitrogens with one attached hydrogen (secondary N) is 1. The molecule has 0 atom stereocenters. The van der Waals surface area contributed by atoms with Gasteiger partial charge in [0.2, 0.25) is 0 Å². The normalized spacial score (nSPS) is 10.8. The molecule has 102 valence electrons. The van der Waals surface area contributed by atoms with Crippen LogP contribution >= 0.6 is 15.9 Å². The minimum absolute atomic E-state index is 0.602. The fourth-order valence-electron chi connectivity index (χ4n) is 1.83. The fraction of sp³-hybridized carbons (Fsp3) is 0.462. The summed E-state index contributed by atoms with van der Waals surface area (Å²) in [5.41, 5.74) is 2.89. The summed E-state index contributed by atoms with van der Waals surface area (Å²) in [5.74, 6) is 1.42. The Morgan fingerprint density at radius 1 is 1.26 bits per heavy atom. The van der Waals surface area contributed by atoms with Crippen LogP contribution in [0.2, 0.25) is 0 Å². The Bertz CT molecular complexity index is 591. The molecular formula is C13H18BrN5. The van der Waals surface area contributed by atoms with Gasteiger partial charge in [0.15, 0.2) is 0 Å². The molecular weight excluding hydrogens is 306 g/mol. The summed E-state index contributed by atoms with van der Waals surface area (Å²) in [6.45, 7) is 8.92. The second-order valence-electron chi connectivity index (χ2n) is 4.54. The first-order valence-electron chi connectivity index (χ1n) is 6.34. The van der Waals surface area contributed by atoms with Crippen LogP contribution in [0.1, 0.15) is 30.4 Å². The van der Waals surface area contributed by atoms with Gasteiger partial charge in [-0.15, -0.1) is 0 Å². The van der Waals surface area contributed by atoms with Gasteiger partial charge in [-0.05, 0) is 49.2 Å². The second kappa shape index (κ2) is 5.69. The van der Waals surface area contributed by atoms with Crippen molar-refractivity contribution in [1.29, 1.82) is 0 Å². The van der Waals surface area contributed by atoms with Crippen molar-refractivity contribution in [3.8, 4) is 5.95 Å². The van der Waals surface area contributed by atoms with Crippen molar-refractivity contribution in [2.75, 3.05) is 11.9 Å². The number of aryl methyl sites for hydroxylation is 3. The molecule has 0 fully saturated rings. The molecule has 5 nitrogen and oxygen atoms in total. The van der Waals surface area contributed by atoms with E-state index in [1.807, 2.05) is 26.8 Å². The highest BCUT2D eigenvalue weighted by Crippen LogP contribution is 2.24. The molecule has 0 saturated heterocycles. The standard InChI is InChI=1S/C13H18BrN5/c1-5-6-15-12-11(14)10(4)16-13(17-12)19-9(3)7-8(2)18-19/h7H,5-6H2,1-4H3,(H,15,16,17). The monoisotopic (exact) mass is 323 g/mol. The first-order valence-corrected chi connectivity index (χ1v) is 7.14. The van der Waals surface area contributed by atoms with Crippen molar-refractivity contribution in [3.63, 3.8) is 0 Å². The highest BCUT2D eigenvalue weighted by molar-refractivity contribution is 9.10. The predicted molar refractivity (Wildman–Crippen MR) is 79.8 cm³/mol. The number of hydrogen-bond donors (Lipinski definition) is 1. The minimum Gasteiger partial charge on any atom is -0.369 e. The van der Waals surface area contributed by atoms with Crippen LogP contribution in [0.4, 0.5) is 5.82 Å². The summed E-state index contributed by atoms with van der Waals surface area (Å²) in [4.78, 5) is 9.03. The molecule has 0 saturated carbocycles. The van der Waals surface area contributed by atoms with Gasteiger partial charge < -0.3 is 5.32 Å². The van der Waals surface area contributed by atoms with E-state index >= 15 is 0 Å². The van der Waals surface area contributed by atoms with Gasteiger partial charge >= 0.3 is 0 Å². The van der Waals surface area contributed by atoms with Crippen molar-refractivity contribution in [2.45, 2.75) is 34.1 Å². The quantitative estimate of drug-likeness (QED) is 0.938. The van der Waals surface area contributed by atoms with E-state index in [0.29, 0.717) is 5.95 Å². The highest BCUT2D eigenvalue weighted by atomic mass is 79.9. The number of hydrogen-bond acceptors (Lipinski definition) is 4. The van der Waals surface area contributed by atoms with E-state index in [1.54, 1.807) is 4.68 Å². The Hall–Kier alpha value is -1.43. The average molecular weight is 324 g/mol. The SMILES string of the molecule is CCCNc1nc(-n2nc(C)cc2C)nc(C)c1Br. The van der Waals surface area contributed by atoms with Crippen LogP contribution in [-0.4, -0.2) is 26.3 Å². The minimum atomic E-state index is 0.602. The lowest BCUT2D eigenvalue weighted by Crippen LogP contribution is -2.11. The van der Waals surface area contributed by atoms with Gasteiger partial charge in [0, 0.05) is 12.2 Å². The topological polar surface area (TPSA) is 55.6 Å². The number of halogens is 1. The lowest BCUT2D eigenvalue weighted by molar-refractivity contribution is 0.766. The lowest BCUT2D eigenvalue weighted by Gasteiger charge is -2.11. The zero-order chi connectivity index (χ0) is 14.0. The van der Waals surface area contributed by atoms with Crippen LogP contribution < -0.4 is 5.32 Å². The van der Waals surface area contributed by atoms with Crippen LogP contribution in [0.3, 0.4) is 0 Å². The third-order valence-electron chi connectivity index (χ3n) is 2.75. The second-order valence-corrected chi connectivity index (χ2v) is 5.33. The van der Waals surface area contributed by atoms with Crippen LogP contribution in [-0.2, 0) is 0 Å². The molecule has 2 rings (SSSR count). The molecule has 0 aliphatic rings.